The fourth-order valence-corrected chi connectivity index (χ4v) is 0.780. The molecule has 0 heterocycles. The van der Waals surface area contributed by atoms with Gasteiger partial charge in [-0.15, -0.1) is 4.99 Å². The van der Waals surface area contributed by atoms with Gasteiger partial charge in [0.2, 0.25) is 0 Å². The Morgan fingerprint density at radius 1 is 1.33 bits per heavy atom. The molecule has 102 valence electrons. The van der Waals surface area contributed by atoms with Crippen molar-refractivity contribution in [2.75, 3.05) is 13.2 Å². The van der Waals surface area contributed by atoms with E-state index in [9.17, 15) is 9.59 Å². The molecule has 0 saturated heterocycles. The number of ether oxygens (including phenoxy) is 1. The van der Waals surface area contributed by atoms with Crippen LogP contribution in [0, 0.1) is 11.8 Å². The largest absolute Gasteiger partial charge is 0.480 e. The number of nitrogens with one attached hydrogen (secondary N) is 1. The predicted octanol–water partition coefficient (Wildman–Crippen LogP) is -1.35. The molecule has 0 rings (SSSR count). The minimum atomic E-state index is -1.17. The van der Waals surface area contributed by atoms with Crippen LogP contribution in [0.2, 0.25) is 0 Å². The lowest BCUT2D eigenvalue weighted by molar-refractivity contribution is -0.366. The van der Waals surface area contributed by atoms with Crippen LogP contribution in [0.1, 0.15) is 12.8 Å². The topological polar surface area (TPSA) is 140 Å². The zero-order valence-corrected chi connectivity index (χ0v) is 9.42. The maximum atomic E-state index is 11.1. The highest BCUT2D eigenvalue weighted by Crippen LogP contribution is 1.96. The summed E-state index contributed by atoms with van der Waals surface area (Å²) in [5, 5.41) is 16.2. The van der Waals surface area contributed by atoms with Crippen molar-refractivity contribution in [3.8, 4) is 11.8 Å². The Balaban J connectivity index is 3.56. The summed E-state index contributed by atoms with van der Waals surface area (Å²) in [6, 6.07) is -1.08. The first-order valence-electron chi connectivity index (χ1n) is 4.85. The molecule has 0 saturated carbocycles. The maximum absolute atomic E-state index is 11.1. The molecule has 0 aliphatic carbocycles. The first kappa shape index (κ1) is 16.3. The average molecular weight is 262 g/mol. The summed E-state index contributed by atoms with van der Waals surface area (Å²) in [6.45, 7) is -0.230. The predicted molar refractivity (Wildman–Crippen MR) is 56.4 cm³/mol. The molecule has 9 heteroatoms. The molecular formula is C9H14N2O7. The fraction of sp³-hybridized carbons (Fsp3) is 0.556. The van der Waals surface area contributed by atoms with Gasteiger partial charge in [0.1, 0.15) is 12.6 Å². The van der Waals surface area contributed by atoms with Gasteiger partial charge in [0.15, 0.2) is 6.61 Å². The molecule has 0 aliphatic heterocycles. The molecule has 0 bridgehead atoms. The third-order valence-corrected chi connectivity index (χ3v) is 1.65. The Kier molecular flexibility index (Phi) is 9.47. The number of carboxylic acids is 1. The summed E-state index contributed by atoms with van der Waals surface area (Å²) in [6.07, 6.45) is -0.0893. The van der Waals surface area contributed by atoms with E-state index in [2.05, 4.69) is 26.4 Å². The van der Waals surface area contributed by atoms with Crippen molar-refractivity contribution in [1.82, 2.24) is 5.64 Å². The van der Waals surface area contributed by atoms with Gasteiger partial charge in [0, 0.05) is 6.42 Å². The van der Waals surface area contributed by atoms with Crippen LogP contribution in [0.25, 0.3) is 0 Å². The third kappa shape index (κ3) is 9.52. The number of carbonyl (C=O) groups is 2. The van der Waals surface area contributed by atoms with Crippen molar-refractivity contribution in [2.45, 2.75) is 18.9 Å². The number of aliphatic carboxylic acids is 1. The van der Waals surface area contributed by atoms with E-state index >= 15 is 0 Å². The van der Waals surface area contributed by atoms with Gasteiger partial charge in [-0.3, -0.25) is 14.4 Å². The normalized spacial score (nSPS) is 11.2. The highest BCUT2D eigenvalue weighted by Gasteiger charge is 2.13. The van der Waals surface area contributed by atoms with Crippen molar-refractivity contribution in [3.63, 3.8) is 0 Å². The molecule has 5 N–H and O–H groups in total. The van der Waals surface area contributed by atoms with Crippen LogP contribution in [0.3, 0.4) is 0 Å². The van der Waals surface area contributed by atoms with Crippen molar-refractivity contribution >= 4 is 11.9 Å². The van der Waals surface area contributed by atoms with E-state index in [1.807, 2.05) is 0 Å². The van der Waals surface area contributed by atoms with Gasteiger partial charge >= 0.3 is 11.9 Å². The number of hydrogen-bond donors (Lipinski definition) is 4. The quantitative estimate of drug-likeness (QED) is 0.137. The molecule has 18 heavy (non-hydrogen) atoms. The molecule has 9 nitrogen and oxygen atoms in total. The summed E-state index contributed by atoms with van der Waals surface area (Å²) >= 11 is 0. The SMILES string of the molecule is N[C@@H](CCC(=O)OCC#CCONOO)C(=O)O. The van der Waals surface area contributed by atoms with E-state index in [1.54, 1.807) is 5.64 Å². The lowest BCUT2D eigenvalue weighted by Gasteiger charge is -2.04. The first-order chi connectivity index (χ1) is 8.57. The molecular weight excluding hydrogens is 248 g/mol. The van der Waals surface area contributed by atoms with Crippen LogP contribution in [-0.2, 0) is 24.2 Å². The van der Waals surface area contributed by atoms with Crippen LogP contribution in [0.15, 0.2) is 0 Å². The van der Waals surface area contributed by atoms with Crippen molar-refractivity contribution < 1.29 is 34.5 Å². The molecule has 0 aromatic heterocycles. The Morgan fingerprint density at radius 2 is 2.00 bits per heavy atom. The zero-order chi connectivity index (χ0) is 13.8. The average Bonchev–Trinajstić information content (AvgIpc) is 2.34. The smallest absolute Gasteiger partial charge is 0.320 e. The maximum Gasteiger partial charge on any atom is 0.320 e. The molecule has 0 aromatic carbocycles. The summed E-state index contributed by atoms with van der Waals surface area (Å²) in [7, 11) is 0. The van der Waals surface area contributed by atoms with Gasteiger partial charge in [-0.2, -0.15) is 0 Å². The second kappa shape index (κ2) is 10.5. The second-order valence-corrected chi connectivity index (χ2v) is 2.96. The summed E-state index contributed by atoms with van der Waals surface area (Å²) < 4.78 is 4.66. The molecule has 0 spiro atoms. The molecule has 0 aromatic rings. The number of carbonyl (C=O) groups excluding carboxylic acids is 1. The van der Waals surface area contributed by atoms with Crippen LogP contribution in [0.5, 0.6) is 0 Å². The zero-order valence-electron chi connectivity index (χ0n) is 9.42. The third-order valence-electron chi connectivity index (χ3n) is 1.65. The van der Waals surface area contributed by atoms with Gasteiger partial charge in [0.25, 0.3) is 0 Å². The molecule has 0 fully saturated rings. The van der Waals surface area contributed by atoms with Crippen LogP contribution < -0.4 is 11.4 Å². The molecule has 0 amide bonds. The number of esters is 1. The van der Waals surface area contributed by atoms with Gasteiger partial charge in [0.05, 0.1) is 0 Å². The minimum Gasteiger partial charge on any atom is -0.480 e. The van der Waals surface area contributed by atoms with E-state index in [0.717, 1.165) is 0 Å². The van der Waals surface area contributed by atoms with E-state index in [1.165, 1.54) is 0 Å². The Morgan fingerprint density at radius 3 is 2.61 bits per heavy atom. The minimum absolute atomic E-state index is 0.00245. The Labute approximate surface area is 103 Å². The first-order valence-corrected chi connectivity index (χ1v) is 4.85. The van der Waals surface area contributed by atoms with E-state index in [0.29, 0.717) is 0 Å². The van der Waals surface area contributed by atoms with Gasteiger partial charge in [-0.1, -0.05) is 11.8 Å². The van der Waals surface area contributed by atoms with E-state index in [-0.39, 0.29) is 26.1 Å². The summed E-state index contributed by atoms with van der Waals surface area (Å²) in [5.41, 5.74) is 6.86. The highest BCUT2D eigenvalue weighted by molar-refractivity contribution is 5.75. The van der Waals surface area contributed by atoms with Crippen molar-refractivity contribution in [3.05, 3.63) is 0 Å². The van der Waals surface area contributed by atoms with Crippen LogP contribution >= 0.6 is 0 Å². The van der Waals surface area contributed by atoms with Crippen molar-refractivity contribution in [1.29, 1.82) is 0 Å². The Hall–Kier alpha value is -1.70. The second-order valence-electron chi connectivity index (χ2n) is 2.96. The lowest BCUT2D eigenvalue weighted by Crippen LogP contribution is -2.30. The Bertz CT molecular complexity index is 323. The van der Waals surface area contributed by atoms with Crippen molar-refractivity contribution in [2.24, 2.45) is 5.73 Å². The number of nitrogens with two attached hydrogens (primary N) is 1. The number of carboxylic acid groups (broad SMARTS) is 1. The molecule has 0 aliphatic rings. The highest BCUT2D eigenvalue weighted by atomic mass is 17.2. The fourth-order valence-electron chi connectivity index (χ4n) is 0.780. The van der Waals surface area contributed by atoms with Crippen LogP contribution in [0.4, 0.5) is 0 Å². The van der Waals surface area contributed by atoms with Crippen LogP contribution in [-0.4, -0.2) is 41.6 Å². The lowest BCUT2D eigenvalue weighted by atomic mass is 10.2. The van der Waals surface area contributed by atoms with Gasteiger partial charge in [-0.25, -0.2) is 5.26 Å². The van der Waals surface area contributed by atoms with Gasteiger partial charge < -0.3 is 15.6 Å². The van der Waals surface area contributed by atoms with E-state index in [4.69, 9.17) is 16.1 Å². The molecule has 0 unspecified atom stereocenters. The standard InChI is InChI=1S/C9H14N2O7/c10-7(9(13)14)3-4-8(12)16-5-1-2-6-17-11-18-15/h7,11,15H,3-6,10H2,(H,13,14)/t7-/m0/s1. The number of rotatable bonds is 8. The van der Waals surface area contributed by atoms with E-state index < -0.39 is 18.0 Å². The summed E-state index contributed by atoms with van der Waals surface area (Å²) in [5.74, 6) is 3.13. The molecule has 1 atom stereocenters. The summed E-state index contributed by atoms with van der Waals surface area (Å²) in [4.78, 5) is 29.2. The molecule has 0 radical (unpaired) electrons. The number of hydrogen-bond acceptors (Lipinski definition) is 8. The van der Waals surface area contributed by atoms with Gasteiger partial charge in [-0.05, 0) is 12.1 Å². The monoisotopic (exact) mass is 262 g/mol.